The lowest BCUT2D eigenvalue weighted by Gasteiger charge is -2.03. The fraction of sp³-hybridized carbons (Fsp3) is 0.167. The Hall–Kier alpha value is -1.59. The topological polar surface area (TPSA) is 55.3 Å². The second-order valence-corrected chi connectivity index (χ2v) is 3.91. The molecule has 0 aromatic heterocycles. The minimum absolute atomic E-state index is 0.318. The number of rotatable bonds is 4. The molecule has 0 unspecified atom stereocenters. The number of amidine groups is 1. The number of aliphatic imine (C=N–C) groups is 1. The number of benzene rings is 1. The minimum Gasteiger partial charge on any atom is -0.461 e. The molecule has 1 heterocycles. The number of hydrogen-bond donors (Lipinski definition) is 2. The summed E-state index contributed by atoms with van der Waals surface area (Å²) in [6, 6.07) is 7.20. The van der Waals surface area contributed by atoms with E-state index in [2.05, 4.69) is 17.6 Å². The van der Waals surface area contributed by atoms with Gasteiger partial charge in [0, 0.05) is 5.75 Å². The van der Waals surface area contributed by atoms with E-state index in [1.807, 2.05) is 23.6 Å². The number of ether oxygens (including phenoxy) is 1. The van der Waals surface area contributed by atoms with Crippen molar-refractivity contribution in [1.82, 2.24) is 0 Å². The molecule has 0 bridgehead atoms. The van der Waals surface area contributed by atoms with Gasteiger partial charge in [-0.1, -0.05) is 0 Å². The molecule has 2 N–H and O–H groups in total. The van der Waals surface area contributed by atoms with Crippen molar-refractivity contribution in [2.24, 2.45) is 4.99 Å². The summed E-state index contributed by atoms with van der Waals surface area (Å²) in [5, 5.41) is 1.92. The molecular formula is C12H13N2O2S+. The molecule has 5 heteroatoms. The summed E-state index contributed by atoms with van der Waals surface area (Å²) >= 11 is 3.98. The number of quaternary nitrogens is 1. The molecule has 0 radical (unpaired) electrons. The van der Waals surface area contributed by atoms with Crippen molar-refractivity contribution in [3.8, 4) is 0 Å². The van der Waals surface area contributed by atoms with Gasteiger partial charge in [0.05, 0.1) is 17.3 Å². The quantitative estimate of drug-likeness (QED) is 0.605. The molecule has 1 aromatic rings. The Labute approximate surface area is 105 Å². The first kappa shape index (κ1) is 11.9. The summed E-state index contributed by atoms with van der Waals surface area (Å²) in [6.45, 7) is 0.327. The first-order valence-electron chi connectivity index (χ1n) is 5.27. The molecule has 0 aliphatic carbocycles. The molecule has 0 saturated heterocycles. The van der Waals surface area contributed by atoms with E-state index in [1.54, 1.807) is 18.3 Å². The molecule has 1 aliphatic rings. The van der Waals surface area contributed by atoms with E-state index in [9.17, 15) is 4.79 Å². The second kappa shape index (κ2) is 5.65. The molecule has 1 aromatic carbocycles. The van der Waals surface area contributed by atoms with Gasteiger partial charge in [0.2, 0.25) is 5.84 Å². The largest absolute Gasteiger partial charge is 0.461 e. The van der Waals surface area contributed by atoms with Crippen LogP contribution in [0.15, 0.2) is 41.7 Å². The van der Waals surface area contributed by atoms with E-state index in [0.29, 0.717) is 17.9 Å². The molecule has 4 nitrogen and oxygen atoms in total. The minimum atomic E-state index is -0.318. The summed E-state index contributed by atoms with van der Waals surface area (Å²) in [6.07, 6.45) is 3.62. The summed E-state index contributed by atoms with van der Waals surface area (Å²) in [4.78, 5) is 15.7. The number of carbonyl (C=O) groups is 1. The van der Waals surface area contributed by atoms with Gasteiger partial charge in [-0.25, -0.2) is 4.79 Å². The third-order valence-corrected chi connectivity index (χ3v) is 2.48. The van der Waals surface area contributed by atoms with E-state index in [4.69, 9.17) is 4.74 Å². The maximum Gasteiger partial charge on any atom is 0.338 e. The smallest absolute Gasteiger partial charge is 0.338 e. The van der Waals surface area contributed by atoms with Gasteiger partial charge in [0.15, 0.2) is 0 Å². The summed E-state index contributed by atoms with van der Waals surface area (Å²) < 4.78 is 4.98. The predicted octanol–water partition coefficient (Wildman–Crippen LogP) is 0.568. The molecular weight excluding hydrogens is 236 g/mol. The summed E-state index contributed by atoms with van der Waals surface area (Å²) in [7, 11) is 0. The van der Waals surface area contributed by atoms with Gasteiger partial charge in [-0.3, -0.25) is 5.32 Å². The standard InChI is InChI=1S/C12H12N2O2S/c15-12(16-7-8-17)10-3-1-9(2-4-10)11-13-5-6-14-11/h1-6,17H,7-8H2,(H,13,14)/p+1. The molecule has 2 rings (SSSR count). The number of thiol groups is 1. The average molecular weight is 249 g/mol. The lowest BCUT2D eigenvalue weighted by molar-refractivity contribution is -0.456. The molecule has 0 spiro atoms. The molecule has 17 heavy (non-hydrogen) atoms. The first-order chi connectivity index (χ1) is 8.31. The highest BCUT2D eigenvalue weighted by atomic mass is 32.1. The number of esters is 1. The predicted molar refractivity (Wildman–Crippen MR) is 68.2 cm³/mol. The van der Waals surface area contributed by atoms with Crippen molar-refractivity contribution in [3.05, 3.63) is 47.8 Å². The van der Waals surface area contributed by atoms with Gasteiger partial charge in [0.1, 0.15) is 12.8 Å². The van der Waals surface area contributed by atoms with Gasteiger partial charge >= 0.3 is 5.97 Å². The highest BCUT2D eigenvalue weighted by molar-refractivity contribution is 7.80. The molecule has 88 valence electrons. The fourth-order valence-corrected chi connectivity index (χ4v) is 1.56. The summed E-state index contributed by atoms with van der Waals surface area (Å²) in [5.74, 6) is 1.11. The van der Waals surface area contributed by atoms with Gasteiger partial charge in [-0.2, -0.15) is 17.6 Å². The zero-order chi connectivity index (χ0) is 12.1. The molecule has 0 atom stereocenters. The van der Waals surface area contributed by atoms with E-state index >= 15 is 0 Å². The number of carbonyl (C=O) groups excluding carboxylic acids is 1. The Morgan fingerprint density at radius 3 is 2.71 bits per heavy atom. The van der Waals surface area contributed by atoms with Crippen LogP contribution >= 0.6 is 12.6 Å². The zero-order valence-electron chi connectivity index (χ0n) is 9.17. The Balaban J connectivity index is 2.05. The fourth-order valence-electron chi connectivity index (χ4n) is 1.47. The molecule has 1 aliphatic heterocycles. The monoisotopic (exact) mass is 249 g/mol. The van der Waals surface area contributed by atoms with E-state index in [-0.39, 0.29) is 5.97 Å². The summed E-state index contributed by atoms with van der Waals surface area (Å²) in [5.41, 5.74) is 1.53. The van der Waals surface area contributed by atoms with Crippen LogP contribution in [0.25, 0.3) is 0 Å². The zero-order valence-corrected chi connectivity index (χ0v) is 10.1. The van der Waals surface area contributed by atoms with Crippen molar-refractivity contribution in [2.75, 3.05) is 12.4 Å². The van der Waals surface area contributed by atoms with Crippen LogP contribution < -0.4 is 5.32 Å². The van der Waals surface area contributed by atoms with Gasteiger partial charge in [0.25, 0.3) is 0 Å². The van der Waals surface area contributed by atoms with Crippen LogP contribution in [0.1, 0.15) is 15.9 Å². The number of hydrogen-bond acceptors (Lipinski definition) is 4. The van der Waals surface area contributed by atoms with Gasteiger partial charge in [-0.05, 0) is 24.3 Å². The number of nitrogens with two attached hydrogens (primary N) is 1. The first-order valence-corrected chi connectivity index (χ1v) is 5.90. The molecule has 0 saturated carbocycles. The maximum atomic E-state index is 11.5. The van der Waals surface area contributed by atoms with E-state index in [0.717, 1.165) is 11.4 Å². The maximum absolute atomic E-state index is 11.5. The highest BCUT2D eigenvalue weighted by Gasteiger charge is 2.11. The lowest BCUT2D eigenvalue weighted by atomic mass is 10.1. The van der Waals surface area contributed by atoms with Crippen LogP contribution in [0.5, 0.6) is 0 Å². The second-order valence-electron chi connectivity index (χ2n) is 3.46. The van der Waals surface area contributed by atoms with Crippen LogP contribution in [-0.4, -0.2) is 24.2 Å². The molecule has 0 fully saturated rings. The van der Waals surface area contributed by atoms with Crippen molar-refractivity contribution in [3.63, 3.8) is 0 Å². The van der Waals surface area contributed by atoms with Crippen molar-refractivity contribution < 1.29 is 14.8 Å². The number of nitrogens with zero attached hydrogens (tertiary/aromatic N) is 1. The Bertz CT molecular complexity index is 466. The third-order valence-electron chi connectivity index (χ3n) is 2.29. The normalized spacial score (nSPS) is 13.6. The van der Waals surface area contributed by atoms with Crippen molar-refractivity contribution >= 4 is 24.4 Å². The van der Waals surface area contributed by atoms with Crippen LogP contribution in [-0.2, 0) is 4.74 Å². The Kier molecular flexibility index (Phi) is 3.95. The van der Waals surface area contributed by atoms with E-state index in [1.165, 1.54) is 0 Å². The third kappa shape index (κ3) is 2.95. The Morgan fingerprint density at radius 2 is 2.12 bits per heavy atom. The van der Waals surface area contributed by atoms with Crippen LogP contribution in [0, 0.1) is 0 Å². The van der Waals surface area contributed by atoms with Crippen LogP contribution in [0.4, 0.5) is 0 Å². The average Bonchev–Trinajstić information content (AvgIpc) is 2.90. The van der Waals surface area contributed by atoms with Crippen LogP contribution in [0.2, 0.25) is 0 Å². The molecule has 0 amide bonds. The van der Waals surface area contributed by atoms with Crippen LogP contribution in [0.3, 0.4) is 0 Å². The van der Waals surface area contributed by atoms with E-state index < -0.39 is 0 Å². The van der Waals surface area contributed by atoms with Crippen molar-refractivity contribution in [2.45, 2.75) is 0 Å². The highest BCUT2D eigenvalue weighted by Crippen LogP contribution is 2.06. The lowest BCUT2D eigenvalue weighted by Crippen LogP contribution is -2.81. The van der Waals surface area contributed by atoms with Gasteiger partial charge < -0.3 is 4.74 Å². The SMILES string of the molecule is O=C(OCCS)c1ccc(C2=NC=C[NH2+]2)cc1. The Morgan fingerprint density at radius 1 is 1.35 bits per heavy atom. The van der Waals surface area contributed by atoms with Crippen molar-refractivity contribution in [1.29, 1.82) is 0 Å². The van der Waals surface area contributed by atoms with Gasteiger partial charge in [-0.15, -0.1) is 0 Å².